The molecule has 2 aromatic rings. The number of fused-ring (bicyclic) bond motifs is 1. The van der Waals surface area contributed by atoms with E-state index in [0.29, 0.717) is 22.7 Å². The molecule has 1 aliphatic heterocycles. The van der Waals surface area contributed by atoms with Crippen molar-refractivity contribution in [1.82, 2.24) is 0 Å². The van der Waals surface area contributed by atoms with Gasteiger partial charge in [0.2, 0.25) is 6.10 Å². The van der Waals surface area contributed by atoms with Crippen LogP contribution < -0.4 is 14.4 Å². The van der Waals surface area contributed by atoms with E-state index in [0.717, 1.165) is 0 Å². The molecule has 2 aromatic carbocycles. The van der Waals surface area contributed by atoms with E-state index in [1.807, 2.05) is 6.07 Å². The molecule has 0 bridgehead atoms. The topological polar surface area (TPSA) is 65.1 Å². The molecule has 0 saturated carbocycles. The van der Waals surface area contributed by atoms with Crippen molar-refractivity contribution in [2.75, 3.05) is 25.7 Å². The summed E-state index contributed by atoms with van der Waals surface area (Å²) in [5.74, 6) is 0.404. The normalized spacial score (nSPS) is 15.9. The number of hydrogen-bond acceptors (Lipinski definition) is 5. The van der Waals surface area contributed by atoms with E-state index >= 15 is 0 Å². The molecule has 0 spiro atoms. The van der Waals surface area contributed by atoms with Crippen molar-refractivity contribution in [2.24, 2.45) is 0 Å². The van der Waals surface area contributed by atoms with Crippen LogP contribution in [-0.4, -0.2) is 38.7 Å². The van der Waals surface area contributed by atoms with Gasteiger partial charge in [-0.15, -0.1) is 0 Å². The summed E-state index contributed by atoms with van der Waals surface area (Å²) in [5.41, 5.74) is 1.12. The summed E-state index contributed by atoms with van der Waals surface area (Å²) in [6, 6.07) is 13.9. The molecule has 1 atom stereocenters. The lowest BCUT2D eigenvalue weighted by molar-refractivity contribution is -0.148. The molecule has 0 N–H and O–H groups in total. The molecular weight excluding hydrogens is 310 g/mol. The Balaban J connectivity index is 1.94. The minimum Gasteiger partial charge on any atom is -0.497 e. The van der Waals surface area contributed by atoms with E-state index in [2.05, 4.69) is 0 Å². The fourth-order valence-electron chi connectivity index (χ4n) is 2.57. The van der Waals surface area contributed by atoms with Gasteiger partial charge >= 0.3 is 5.97 Å². The van der Waals surface area contributed by atoms with E-state index in [-0.39, 0.29) is 12.5 Å². The van der Waals surface area contributed by atoms with E-state index in [4.69, 9.17) is 14.2 Å². The number of nitrogens with zero attached hydrogens (tertiary/aromatic N) is 1. The zero-order valence-corrected chi connectivity index (χ0v) is 13.4. The Morgan fingerprint density at radius 1 is 1.08 bits per heavy atom. The van der Waals surface area contributed by atoms with Crippen LogP contribution in [0.4, 0.5) is 5.69 Å². The van der Waals surface area contributed by atoms with Crippen LogP contribution in [-0.2, 0) is 9.53 Å². The second-order valence-corrected chi connectivity index (χ2v) is 5.24. The van der Waals surface area contributed by atoms with Gasteiger partial charge in [-0.3, -0.25) is 4.79 Å². The van der Waals surface area contributed by atoms with E-state index in [1.165, 1.54) is 12.0 Å². The summed E-state index contributed by atoms with van der Waals surface area (Å²) in [6.07, 6.45) is -0.855. The van der Waals surface area contributed by atoms with Crippen LogP contribution in [0.3, 0.4) is 0 Å². The van der Waals surface area contributed by atoms with Crippen LogP contribution in [0.5, 0.6) is 11.5 Å². The fourth-order valence-corrected chi connectivity index (χ4v) is 2.57. The molecule has 0 saturated heterocycles. The van der Waals surface area contributed by atoms with Crippen molar-refractivity contribution in [3.8, 4) is 11.5 Å². The summed E-state index contributed by atoms with van der Waals surface area (Å²) >= 11 is 0. The molecule has 124 valence electrons. The first-order chi connectivity index (χ1) is 11.6. The molecule has 0 fully saturated rings. The third kappa shape index (κ3) is 2.90. The van der Waals surface area contributed by atoms with E-state index in [9.17, 15) is 9.59 Å². The number of ether oxygens (including phenoxy) is 3. The van der Waals surface area contributed by atoms with Gasteiger partial charge in [-0.2, -0.15) is 0 Å². The van der Waals surface area contributed by atoms with Crippen LogP contribution in [0, 0.1) is 0 Å². The number of methoxy groups -OCH3 is 2. The molecule has 3 rings (SSSR count). The molecule has 1 heterocycles. The Labute approximate surface area is 139 Å². The molecule has 0 radical (unpaired) electrons. The summed E-state index contributed by atoms with van der Waals surface area (Å²) in [6.45, 7) is 0.0918. The second kappa shape index (κ2) is 6.62. The molecule has 0 aliphatic carbocycles. The van der Waals surface area contributed by atoms with Gasteiger partial charge in [0.1, 0.15) is 11.5 Å². The van der Waals surface area contributed by atoms with Gasteiger partial charge in [0, 0.05) is 5.56 Å². The lowest BCUT2D eigenvalue weighted by atomic mass is 10.1. The lowest BCUT2D eigenvalue weighted by Gasteiger charge is -2.33. The molecular formula is C18H17NO5. The molecule has 6 nitrogen and oxygen atoms in total. The Bertz CT molecular complexity index is 756. The van der Waals surface area contributed by atoms with E-state index in [1.54, 1.807) is 49.6 Å². The summed E-state index contributed by atoms with van der Waals surface area (Å²) < 4.78 is 15.5. The first-order valence-electron chi connectivity index (χ1n) is 7.43. The maximum Gasteiger partial charge on any atom is 0.348 e. The first-order valence-corrected chi connectivity index (χ1v) is 7.43. The zero-order chi connectivity index (χ0) is 17.1. The first kappa shape index (κ1) is 15.9. The number of carbonyl (C=O) groups excluding carboxylic acids is 2. The fraction of sp³-hybridized carbons (Fsp3) is 0.222. The summed E-state index contributed by atoms with van der Waals surface area (Å²) in [5, 5.41) is 0. The van der Waals surface area contributed by atoms with Gasteiger partial charge in [-0.05, 0) is 36.4 Å². The monoisotopic (exact) mass is 327 g/mol. The van der Waals surface area contributed by atoms with Gasteiger partial charge in [0.15, 0.2) is 0 Å². The van der Waals surface area contributed by atoms with Gasteiger partial charge < -0.3 is 19.1 Å². The SMILES string of the molecule is COC(=O)C1CN(C(=O)c2ccc(OC)cc2)c2ccccc2O1. The standard InChI is InChI=1S/C18H17NO5/c1-22-13-9-7-12(8-10-13)17(20)19-11-16(18(21)23-2)24-15-6-4-3-5-14(15)19/h3-10,16H,11H2,1-2H3. The highest BCUT2D eigenvalue weighted by Gasteiger charge is 2.34. The van der Waals surface area contributed by atoms with Crippen LogP contribution in [0.15, 0.2) is 48.5 Å². The number of anilines is 1. The van der Waals surface area contributed by atoms with Crippen LogP contribution in [0.1, 0.15) is 10.4 Å². The number of hydrogen-bond donors (Lipinski definition) is 0. The van der Waals surface area contributed by atoms with E-state index < -0.39 is 12.1 Å². The van der Waals surface area contributed by atoms with Crippen LogP contribution in [0.25, 0.3) is 0 Å². The largest absolute Gasteiger partial charge is 0.497 e. The van der Waals surface area contributed by atoms with Crippen LogP contribution >= 0.6 is 0 Å². The molecule has 1 unspecified atom stereocenters. The van der Waals surface area contributed by atoms with Gasteiger partial charge in [0.05, 0.1) is 26.5 Å². The third-order valence-electron chi connectivity index (χ3n) is 3.82. The minimum absolute atomic E-state index is 0.0918. The molecule has 24 heavy (non-hydrogen) atoms. The van der Waals surface area contributed by atoms with Crippen molar-refractivity contribution in [2.45, 2.75) is 6.10 Å². The number of rotatable bonds is 3. The third-order valence-corrected chi connectivity index (χ3v) is 3.82. The number of amides is 1. The number of para-hydroxylation sites is 2. The Morgan fingerprint density at radius 2 is 1.79 bits per heavy atom. The highest BCUT2D eigenvalue weighted by Crippen LogP contribution is 2.34. The Kier molecular flexibility index (Phi) is 4.37. The van der Waals surface area contributed by atoms with Crippen molar-refractivity contribution in [3.05, 3.63) is 54.1 Å². The maximum atomic E-state index is 12.9. The number of esters is 1. The summed E-state index contributed by atoms with van der Waals surface area (Å²) in [4.78, 5) is 26.3. The van der Waals surface area contributed by atoms with Crippen molar-refractivity contribution in [3.63, 3.8) is 0 Å². The van der Waals surface area contributed by atoms with Crippen molar-refractivity contribution in [1.29, 1.82) is 0 Å². The smallest absolute Gasteiger partial charge is 0.348 e. The Hall–Kier alpha value is -3.02. The zero-order valence-electron chi connectivity index (χ0n) is 13.4. The molecule has 1 aliphatic rings. The average Bonchev–Trinajstić information content (AvgIpc) is 2.66. The predicted molar refractivity (Wildman–Crippen MR) is 87.5 cm³/mol. The van der Waals surface area contributed by atoms with Crippen molar-refractivity contribution < 1.29 is 23.8 Å². The quantitative estimate of drug-likeness (QED) is 0.809. The summed E-state index contributed by atoms with van der Waals surface area (Å²) in [7, 11) is 2.86. The molecule has 6 heteroatoms. The van der Waals surface area contributed by atoms with Gasteiger partial charge in [-0.25, -0.2) is 4.79 Å². The lowest BCUT2D eigenvalue weighted by Crippen LogP contribution is -2.47. The predicted octanol–water partition coefficient (Wildman–Crippen LogP) is 2.28. The number of benzene rings is 2. The Morgan fingerprint density at radius 3 is 2.46 bits per heavy atom. The average molecular weight is 327 g/mol. The maximum absolute atomic E-state index is 12.9. The van der Waals surface area contributed by atoms with Crippen LogP contribution in [0.2, 0.25) is 0 Å². The highest BCUT2D eigenvalue weighted by molar-refractivity contribution is 6.07. The van der Waals surface area contributed by atoms with Crippen molar-refractivity contribution >= 4 is 17.6 Å². The highest BCUT2D eigenvalue weighted by atomic mass is 16.6. The second-order valence-electron chi connectivity index (χ2n) is 5.24. The number of carbonyl (C=O) groups is 2. The minimum atomic E-state index is -0.855. The molecule has 1 amide bonds. The molecule has 0 aromatic heterocycles. The van der Waals surface area contributed by atoms with Gasteiger partial charge in [0.25, 0.3) is 5.91 Å². The van der Waals surface area contributed by atoms with Gasteiger partial charge in [-0.1, -0.05) is 12.1 Å².